The van der Waals surface area contributed by atoms with Gasteiger partial charge in [0.2, 0.25) is 10.4 Å². The van der Waals surface area contributed by atoms with E-state index in [1.54, 1.807) is 5.38 Å². The van der Waals surface area contributed by atoms with Crippen LogP contribution in [0.1, 0.15) is 29.8 Å². The second-order valence-corrected chi connectivity index (χ2v) is 11.9. The van der Waals surface area contributed by atoms with E-state index in [9.17, 15) is 19.5 Å². The third kappa shape index (κ3) is 7.02. The third-order valence-electron chi connectivity index (χ3n) is 6.45. The molecule has 5 N–H and O–H groups in total. The number of nitrogen functional groups attached to an aromatic ring is 1. The van der Waals surface area contributed by atoms with E-state index < -0.39 is 39.6 Å². The summed E-state index contributed by atoms with van der Waals surface area (Å²) in [5.74, 6) is -1.86. The number of thiazole rings is 1. The van der Waals surface area contributed by atoms with Gasteiger partial charge >= 0.3 is 5.97 Å². The van der Waals surface area contributed by atoms with Gasteiger partial charge < -0.3 is 25.5 Å². The van der Waals surface area contributed by atoms with E-state index in [-0.39, 0.29) is 22.2 Å². The number of amides is 2. The standard InChI is InChI=1S/C23H24N6O5S2.H2O4S/c1-34-27-16(14-11-36-23(24)25-14)19(30)26-17-20(31)29-18(22(32)33)13(10-35-21(17)29)9-28-8-4-6-12-5-2-3-7-15(12)28;1-5(2,3)4/h4,6,8,11,17,21H,2-3,5,7,9-10H2,1H3,(H3-,24,25,26,30,32,33);(H2,1,2,3,4)/t17?,21-;/m1./s1. The van der Waals surface area contributed by atoms with Crippen molar-refractivity contribution in [1.29, 1.82) is 0 Å². The molecule has 2 amide bonds. The second kappa shape index (κ2) is 12.5. The summed E-state index contributed by atoms with van der Waals surface area (Å²) in [6.45, 7) is 0.404. The Hall–Kier alpha value is -3.58. The fourth-order valence-electron chi connectivity index (χ4n) is 4.83. The number of nitrogens with zero attached hydrogens (tertiary/aromatic N) is 4. The van der Waals surface area contributed by atoms with Gasteiger partial charge in [-0.1, -0.05) is 5.16 Å². The number of carbonyl (C=O) groups is 3. The molecule has 1 aliphatic carbocycles. The average molecular weight is 627 g/mol. The highest BCUT2D eigenvalue weighted by Gasteiger charge is 2.55. The molecule has 0 spiro atoms. The van der Waals surface area contributed by atoms with Crippen molar-refractivity contribution in [3.05, 3.63) is 51.9 Å². The van der Waals surface area contributed by atoms with Gasteiger partial charge in [-0.3, -0.25) is 19.0 Å². The van der Waals surface area contributed by atoms with Gasteiger partial charge in [0.15, 0.2) is 29.3 Å². The van der Waals surface area contributed by atoms with Crippen LogP contribution in [-0.4, -0.2) is 80.3 Å². The highest BCUT2D eigenvalue weighted by molar-refractivity contribution is 8.00. The summed E-state index contributed by atoms with van der Waals surface area (Å²) in [6, 6.07) is 3.21. The van der Waals surface area contributed by atoms with Crippen LogP contribution in [0.5, 0.6) is 0 Å². The number of aromatic nitrogens is 2. The number of anilines is 1. The van der Waals surface area contributed by atoms with Gasteiger partial charge in [-0.2, -0.15) is 4.57 Å². The zero-order valence-corrected chi connectivity index (χ0v) is 24.0. The Bertz CT molecular complexity index is 1530. The van der Waals surface area contributed by atoms with Crippen LogP contribution in [-0.2, 0) is 49.0 Å². The molecule has 1 fully saturated rings. The molecule has 220 valence electrons. The minimum atomic E-state index is -4.92. The Balaban J connectivity index is 0.000000714. The van der Waals surface area contributed by atoms with Crippen LogP contribution in [0.4, 0.5) is 5.13 Å². The summed E-state index contributed by atoms with van der Waals surface area (Å²) in [5, 5.41) is 17.7. The number of carboxylic acids is 1. The summed E-state index contributed by atoms with van der Waals surface area (Å²) in [4.78, 5) is 48.4. The number of rotatable bonds is 7. The highest BCUT2D eigenvalue weighted by Crippen LogP contribution is 2.40. The number of thioether (sulfide) groups is 1. The molecule has 0 aromatic carbocycles. The number of hydrogen-bond donors (Lipinski definition) is 4. The Morgan fingerprint density at radius 1 is 1.37 bits per heavy atom. The first-order chi connectivity index (χ1) is 19.4. The number of pyridine rings is 1. The maximum absolute atomic E-state index is 13.1. The lowest BCUT2D eigenvalue weighted by molar-refractivity contribution is -0.697. The van der Waals surface area contributed by atoms with Crippen molar-refractivity contribution < 1.29 is 46.4 Å². The molecule has 2 aliphatic heterocycles. The van der Waals surface area contributed by atoms with Gasteiger partial charge in [-0.05, 0) is 25.3 Å². The first kappa shape index (κ1) is 30.4. The van der Waals surface area contributed by atoms with Crippen LogP contribution in [0.25, 0.3) is 0 Å². The van der Waals surface area contributed by atoms with E-state index in [2.05, 4.69) is 26.1 Å². The second-order valence-electron chi connectivity index (χ2n) is 9.05. The molecule has 2 aromatic rings. The number of fused-ring (bicyclic) bond motifs is 2. The predicted octanol–water partition coefficient (Wildman–Crippen LogP) is -0.314. The number of carboxylic acid groups (broad SMARTS) is 1. The monoisotopic (exact) mass is 626 g/mol. The van der Waals surface area contributed by atoms with Crippen molar-refractivity contribution in [1.82, 2.24) is 15.2 Å². The molecular weight excluding hydrogens is 600 g/mol. The van der Waals surface area contributed by atoms with E-state index in [1.165, 1.54) is 35.0 Å². The van der Waals surface area contributed by atoms with Gasteiger partial charge in [0.1, 0.15) is 29.9 Å². The summed E-state index contributed by atoms with van der Waals surface area (Å²) < 4.78 is 34.9. The van der Waals surface area contributed by atoms with Crippen LogP contribution in [0.15, 0.2) is 40.1 Å². The molecule has 2 aromatic heterocycles. The van der Waals surface area contributed by atoms with Crippen LogP contribution < -0.4 is 15.6 Å². The van der Waals surface area contributed by atoms with Gasteiger partial charge in [-0.25, -0.2) is 18.2 Å². The highest BCUT2D eigenvalue weighted by atomic mass is 32.3. The quantitative estimate of drug-likeness (QED) is 0.0774. The molecule has 1 unspecified atom stereocenters. The molecule has 5 rings (SSSR count). The number of oxime groups is 1. The molecule has 1 saturated heterocycles. The molecule has 3 aliphatic rings. The zero-order valence-electron chi connectivity index (χ0n) is 21.5. The maximum Gasteiger partial charge on any atom is 0.352 e. The lowest BCUT2D eigenvalue weighted by Crippen LogP contribution is -2.71. The maximum atomic E-state index is 13.1. The molecule has 15 nitrogen and oxygen atoms in total. The van der Waals surface area contributed by atoms with E-state index >= 15 is 0 Å². The smallest absolute Gasteiger partial charge is 0.352 e. The van der Waals surface area contributed by atoms with Crippen molar-refractivity contribution in [2.45, 2.75) is 43.6 Å². The SMILES string of the molecule is CON=C(C(=O)NC1C(=O)N2C(C(=O)O)=C(C[n+]3cccc4c3CCCC4)CS[C@H]12)c1csc(N)n1.O=S(=O)([O-])O. The molecule has 41 heavy (non-hydrogen) atoms. The van der Waals surface area contributed by atoms with Gasteiger partial charge in [0, 0.05) is 34.8 Å². The lowest BCUT2D eigenvalue weighted by Gasteiger charge is -2.49. The largest absolute Gasteiger partial charge is 0.726 e. The van der Waals surface area contributed by atoms with Crippen molar-refractivity contribution in [3.8, 4) is 0 Å². The molecule has 0 bridgehead atoms. The first-order valence-electron chi connectivity index (χ1n) is 12.1. The van der Waals surface area contributed by atoms with E-state index in [0.29, 0.717) is 17.9 Å². The summed E-state index contributed by atoms with van der Waals surface area (Å²) >= 11 is 2.57. The summed E-state index contributed by atoms with van der Waals surface area (Å²) in [6.07, 6.45) is 6.20. The van der Waals surface area contributed by atoms with Crippen LogP contribution in [0.2, 0.25) is 0 Å². The number of nitrogens with one attached hydrogen (secondary N) is 1. The Labute approximate surface area is 242 Å². The van der Waals surface area contributed by atoms with Crippen molar-refractivity contribution in [2.75, 3.05) is 18.6 Å². The molecule has 0 radical (unpaired) electrons. The zero-order chi connectivity index (χ0) is 29.9. The molecule has 18 heteroatoms. The van der Waals surface area contributed by atoms with E-state index in [1.807, 2.05) is 12.3 Å². The summed E-state index contributed by atoms with van der Waals surface area (Å²) in [5.41, 5.74) is 8.96. The van der Waals surface area contributed by atoms with Crippen LogP contribution in [0.3, 0.4) is 0 Å². The number of β-lactam (4-membered cyclic amide) rings is 1. The number of aryl methyl sites for hydroxylation is 1. The number of carbonyl (C=O) groups excluding carboxylic acids is 2. The van der Waals surface area contributed by atoms with Crippen LogP contribution >= 0.6 is 23.1 Å². The minimum Gasteiger partial charge on any atom is -0.726 e. The lowest BCUT2D eigenvalue weighted by atomic mass is 9.95. The van der Waals surface area contributed by atoms with Crippen molar-refractivity contribution in [3.63, 3.8) is 0 Å². The van der Waals surface area contributed by atoms with Crippen molar-refractivity contribution in [2.24, 2.45) is 5.16 Å². The van der Waals surface area contributed by atoms with Crippen LogP contribution in [0, 0.1) is 0 Å². The van der Waals surface area contributed by atoms with E-state index in [0.717, 1.165) is 37.0 Å². The normalized spacial score (nSPS) is 20.2. The number of nitrogens with two attached hydrogens (primary N) is 1. The summed E-state index contributed by atoms with van der Waals surface area (Å²) in [7, 11) is -3.62. The van der Waals surface area contributed by atoms with Gasteiger partial charge in [0.05, 0.1) is 0 Å². The van der Waals surface area contributed by atoms with Crippen molar-refractivity contribution >= 4 is 62.1 Å². The molecule has 4 heterocycles. The fraction of sp³-hybridized carbons (Fsp3) is 0.391. The number of aliphatic carboxylic acids is 1. The Morgan fingerprint density at radius 2 is 2.07 bits per heavy atom. The Morgan fingerprint density at radius 3 is 2.71 bits per heavy atom. The molecule has 0 saturated carbocycles. The van der Waals surface area contributed by atoms with Gasteiger partial charge in [-0.15, -0.1) is 23.1 Å². The Kier molecular flexibility index (Phi) is 9.27. The minimum absolute atomic E-state index is 0.00628. The van der Waals surface area contributed by atoms with E-state index in [4.69, 9.17) is 28.1 Å². The molecule has 2 atom stereocenters. The average Bonchev–Trinajstić information content (AvgIpc) is 3.34. The fourth-order valence-corrected chi connectivity index (χ4v) is 6.72. The topological polar surface area (TPSA) is 229 Å². The molecular formula is C23H26N6O9S3. The number of hydrogen-bond acceptors (Lipinski definition) is 12. The van der Waals surface area contributed by atoms with Gasteiger partial charge in [0.25, 0.3) is 11.8 Å². The first-order valence-corrected chi connectivity index (χ1v) is 15.4. The third-order valence-corrected chi connectivity index (χ3v) is 8.46. The predicted molar refractivity (Wildman–Crippen MR) is 145 cm³/mol.